The molecule has 1 saturated carbocycles. The molecule has 15 heavy (non-hydrogen) atoms. The van der Waals surface area contributed by atoms with E-state index in [1.165, 1.54) is 51.4 Å². The minimum atomic E-state index is 0.153. The lowest BCUT2D eigenvalue weighted by Gasteiger charge is -2.38. The Balaban J connectivity index is 1.93. The number of amides is 1. The highest BCUT2D eigenvalue weighted by molar-refractivity contribution is 5.79. The number of hydrogen-bond donors (Lipinski definition) is 2. The first-order valence-electron chi connectivity index (χ1n) is 6.33. The molecule has 0 aromatic rings. The molecule has 1 amide bonds. The number of nitrogens with one attached hydrogen (secondary N) is 2. The third kappa shape index (κ3) is 2.94. The van der Waals surface area contributed by atoms with Gasteiger partial charge >= 0.3 is 0 Å². The van der Waals surface area contributed by atoms with Gasteiger partial charge in [-0.15, -0.1) is 0 Å². The second-order valence-electron chi connectivity index (χ2n) is 5.03. The van der Waals surface area contributed by atoms with Crippen molar-refractivity contribution in [1.29, 1.82) is 0 Å². The average molecular weight is 210 g/mol. The van der Waals surface area contributed by atoms with E-state index in [-0.39, 0.29) is 11.4 Å². The van der Waals surface area contributed by atoms with E-state index in [2.05, 4.69) is 10.6 Å². The summed E-state index contributed by atoms with van der Waals surface area (Å²) < 4.78 is 0. The van der Waals surface area contributed by atoms with Crippen molar-refractivity contribution in [2.24, 2.45) is 0 Å². The molecule has 1 aliphatic heterocycles. The largest absolute Gasteiger partial charge is 0.353 e. The van der Waals surface area contributed by atoms with E-state index in [1.807, 2.05) is 0 Å². The van der Waals surface area contributed by atoms with Gasteiger partial charge < -0.3 is 10.6 Å². The van der Waals surface area contributed by atoms with Crippen LogP contribution in [0.1, 0.15) is 51.4 Å². The Labute approximate surface area is 92.0 Å². The summed E-state index contributed by atoms with van der Waals surface area (Å²) in [5.74, 6) is 0.153. The molecular weight excluding hydrogens is 188 g/mol. The van der Waals surface area contributed by atoms with Crippen LogP contribution in [0.4, 0.5) is 0 Å². The highest BCUT2D eigenvalue weighted by atomic mass is 16.2. The van der Waals surface area contributed by atoms with Gasteiger partial charge in [-0.25, -0.2) is 0 Å². The van der Waals surface area contributed by atoms with E-state index in [0.717, 1.165) is 6.54 Å². The Bertz CT molecular complexity index is 206. The smallest absolute Gasteiger partial charge is 0.234 e. The van der Waals surface area contributed by atoms with E-state index in [9.17, 15) is 4.79 Å². The van der Waals surface area contributed by atoms with Crippen LogP contribution in [0.15, 0.2) is 0 Å². The molecule has 1 spiro atoms. The third-order valence-electron chi connectivity index (χ3n) is 3.81. The van der Waals surface area contributed by atoms with Gasteiger partial charge in [0.05, 0.1) is 6.54 Å². The fraction of sp³-hybridized carbons (Fsp3) is 0.917. The van der Waals surface area contributed by atoms with Crippen molar-refractivity contribution in [2.75, 3.05) is 13.1 Å². The van der Waals surface area contributed by atoms with Crippen LogP contribution in [0, 0.1) is 0 Å². The van der Waals surface area contributed by atoms with Crippen molar-refractivity contribution in [3.63, 3.8) is 0 Å². The summed E-state index contributed by atoms with van der Waals surface area (Å²) in [6.07, 6.45) is 10.6. The molecule has 3 nitrogen and oxygen atoms in total. The summed E-state index contributed by atoms with van der Waals surface area (Å²) in [6, 6.07) is 0. The highest BCUT2D eigenvalue weighted by Crippen LogP contribution is 2.26. The van der Waals surface area contributed by atoms with Crippen molar-refractivity contribution < 1.29 is 4.79 Å². The number of carbonyl (C=O) groups is 1. The van der Waals surface area contributed by atoms with E-state index in [0.29, 0.717) is 6.54 Å². The van der Waals surface area contributed by atoms with Crippen LogP contribution in [0.5, 0.6) is 0 Å². The fourth-order valence-corrected chi connectivity index (χ4v) is 2.77. The summed E-state index contributed by atoms with van der Waals surface area (Å²) in [4.78, 5) is 11.1. The van der Waals surface area contributed by atoms with Crippen LogP contribution < -0.4 is 10.6 Å². The second-order valence-corrected chi connectivity index (χ2v) is 5.03. The molecule has 0 aromatic heterocycles. The zero-order valence-corrected chi connectivity index (χ0v) is 9.48. The zero-order chi connectivity index (χ0) is 10.6. The highest BCUT2D eigenvalue weighted by Gasteiger charge is 2.33. The maximum atomic E-state index is 11.1. The third-order valence-corrected chi connectivity index (χ3v) is 3.81. The predicted octanol–water partition coefficient (Wildman–Crippen LogP) is 1.58. The summed E-state index contributed by atoms with van der Waals surface area (Å²) in [6.45, 7) is 1.35. The van der Waals surface area contributed by atoms with Crippen molar-refractivity contribution in [1.82, 2.24) is 10.6 Å². The van der Waals surface area contributed by atoms with E-state index >= 15 is 0 Å². The molecule has 0 atom stereocenters. The van der Waals surface area contributed by atoms with Crippen molar-refractivity contribution in [2.45, 2.75) is 56.9 Å². The molecule has 0 radical (unpaired) electrons. The van der Waals surface area contributed by atoms with Gasteiger partial charge in [-0.1, -0.05) is 38.5 Å². The molecule has 2 N–H and O–H groups in total. The average Bonchev–Trinajstić information content (AvgIpc) is 2.36. The van der Waals surface area contributed by atoms with Gasteiger partial charge in [0, 0.05) is 12.1 Å². The minimum absolute atomic E-state index is 0.153. The SMILES string of the molecule is O=C1CNC2(CCCCCCCC2)CN1. The maximum Gasteiger partial charge on any atom is 0.234 e. The van der Waals surface area contributed by atoms with Gasteiger partial charge in [0.1, 0.15) is 0 Å². The van der Waals surface area contributed by atoms with Gasteiger partial charge in [-0.05, 0) is 12.8 Å². The lowest BCUT2D eigenvalue weighted by Crippen LogP contribution is -2.61. The van der Waals surface area contributed by atoms with Gasteiger partial charge in [-0.2, -0.15) is 0 Å². The lowest BCUT2D eigenvalue weighted by molar-refractivity contribution is -0.122. The molecule has 2 fully saturated rings. The van der Waals surface area contributed by atoms with Crippen molar-refractivity contribution >= 4 is 5.91 Å². The van der Waals surface area contributed by atoms with Crippen LogP contribution in [-0.4, -0.2) is 24.5 Å². The van der Waals surface area contributed by atoms with Crippen molar-refractivity contribution in [3.8, 4) is 0 Å². The Morgan fingerprint density at radius 3 is 2.07 bits per heavy atom. The van der Waals surface area contributed by atoms with E-state index in [4.69, 9.17) is 0 Å². The monoisotopic (exact) mass is 210 g/mol. The number of piperazine rings is 1. The molecule has 1 aliphatic carbocycles. The molecule has 1 saturated heterocycles. The first kappa shape index (κ1) is 10.9. The van der Waals surface area contributed by atoms with Gasteiger partial charge in [0.2, 0.25) is 5.91 Å². The molecule has 1 heterocycles. The van der Waals surface area contributed by atoms with Crippen LogP contribution >= 0.6 is 0 Å². The van der Waals surface area contributed by atoms with Crippen LogP contribution in [0.3, 0.4) is 0 Å². The molecule has 0 unspecified atom stereocenters. The fourth-order valence-electron chi connectivity index (χ4n) is 2.77. The Hall–Kier alpha value is -0.570. The van der Waals surface area contributed by atoms with E-state index in [1.54, 1.807) is 0 Å². The van der Waals surface area contributed by atoms with E-state index < -0.39 is 0 Å². The number of rotatable bonds is 0. The molecule has 86 valence electrons. The van der Waals surface area contributed by atoms with Crippen LogP contribution in [-0.2, 0) is 4.79 Å². The second kappa shape index (κ2) is 4.97. The van der Waals surface area contributed by atoms with Gasteiger partial charge in [-0.3, -0.25) is 4.79 Å². The lowest BCUT2D eigenvalue weighted by atomic mass is 9.86. The maximum absolute atomic E-state index is 11.1. The molecule has 2 rings (SSSR count). The predicted molar refractivity (Wildman–Crippen MR) is 60.7 cm³/mol. The molecule has 3 heteroatoms. The normalized spacial score (nSPS) is 27.6. The van der Waals surface area contributed by atoms with Crippen LogP contribution in [0.25, 0.3) is 0 Å². The minimum Gasteiger partial charge on any atom is -0.353 e. The molecule has 0 aromatic carbocycles. The first-order valence-corrected chi connectivity index (χ1v) is 6.33. The Morgan fingerprint density at radius 1 is 0.933 bits per heavy atom. The van der Waals surface area contributed by atoms with Crippen LogP contribution in [0.2, 0.25) is 0 Å². The topological polar surface area (TPSA) is 41.1 Å². The van der Waals surface area contributed by atoms with Crippen molar-refractivity contribution in [3.05, 3.63) is 0 Å². The summed E-state index contributed by atoms with van der Waals surface area (Å²) in [5, 5.41) is 6.48. The number of carbonyl (C=O) groups excluding carboxylic acids is 1. The van der Waals surface area contributed by atoms with Gasteiger partial charge in [0.15, 0.2) is 0 Å². The molecule has 0 bridgehead atoms. The summed E-state index contributed by atoms with van der Waals surface area (Å²) in [7, 11) is 0. The summed E-state index contributed by atoms with van der Waals surface area (Å²) >= 11 is 0. The summed E-state index contributed by atoms with van der Waals surface area (Å²) in [5.41, 5.74) is 0.220. The van der Waals surface area contributed by atoms with Gasteiger partial charge in [0.25, 0.3) is 0 Å². The number of hydrogen-bond acceptors (Lipinski definition) is 2. The Kier molecular flexibility index (Phi) is 3.62. The molecule has 2 aliphatic rings. The quantitative estimate of drug-likeness (QED) is 0.637. The Morgan fingerprint density at radius 2 is 1.53 bits per heavy atom. The molecular formula is C12H22N2O. The standard InChI is InChI=1S/C12H22N2O/c15-11-9-14-12(10-13-11)7-5-3-1-2-4-6-8-12/h14H,1-10H2,(H,13,15). The first-order chi connectivity index (χ1) is 7.31. The zero-order valence-electron chi connectivity index (χ0n) is 9.48.